The fraction of sp³-hybridized carbons (Fsp3) is 0. The quantitative estimate of drug-likeness (QED) is 0.482. The zero-order valence-electron chi connectivity index (χ0n) is 3.01. The Kier molecular flexibility index (Phi) is 773. The first-order valence-corrected chi connectivity index (χ1v) is 0. The molecule has 4 nitrogen and oxygen atoms in total. The van der Waals surface area contributed by atoms with Crippen LogP contribution in [0, 0.1) is 83.0 Å². The molecule has 0 aromatic carbocycles. The maximum absolute atomic E-state index is 0. The summed E-state index contributed by atoms with van der Waals surface area (Å²) < 4.78 is 0. The average molecular weight is 409 g/mol. The summed E-state index contributed by atoms with van der Waals surface area (Å²) in [4.78, 5) is 0. The monoisotopic (exact) mass is 408 g/mol. The molecule has 0 heterocycles. The van der Waals surface area contributed by atoms with Crippen LogP contribution in [0.15, 0.2) is 0 Å². The Bertz CT molecular complexity index is 11.7. The van der Waals surface area contributed by atoms with Crippen molar-refractivity contribution in [3.05, 3.63) is 0 Å². The van der Waals surface area contributed by atoms with Crippen LogP contribution in [0.4, 0.5) is 0 Å². The number of hydrogen-bond acceptors (Lipinski definition) is 0. The third-order valence-corrected chi connectivity index (χ3v) is 0. The molecule has 0 bridgehead atoms. The SMILES string of the molecule is [Ce+3].[Cu+2].[O-2].[O-2].[O-2].[O-2].[Pr+3]. The zero-order valence-corrected chi connectivity index (χ0v) is 10.8. The van der Waals surface area contributed by atoms with Crippen LogP contribution in [0.25, 0.3) is 0 Å². The minimum absolute atomic E-state index is 0. The molecule has 0 aromatic heterocycles. The molecule has 0 saturated heterocycles. The number of rotatable bonds is 0. The summed E-state index contributed by atoms with van der Waals surface area (Å²) >= 11 is 0. The maximum atomic E-state index is 0. The topological polar surface area (TPSA) is 114 Å². The van der Waals surface area contributed by atoms with E-state index in [1.807, 2.05) is 0 Å². The molecule has 7 heavy (non-hydrogen) atoms. The van der Waals surface area contributed by atoms with E-state index in [-0.39, 0.29) is 122 Å². The molecular formula is CeCuO4Pr. The smallest absolute Gasteiger partial charge is 2.00 e. The van der Waals surface area contributed by atoms with Crippen molar-refractivity contribution in [1.82, 2.24) is 0 Å². The van der Waals surface area contributed by atoms with E-state index < -0.39 is 0 Å². The summed E-state index contributed by atoms with van der Waals surface area (Å²) in [5, 5.41) is 0. The Balaban J connectivity index is 0. The van der Waals surface area contributed by atoms with Crippen LogP contribution in [-0.2, 0) is 39.0 Å². The second-order valence-corrected chi connectivity index (χ2v) is 0. The van der Waals surface area contributed by atoms with Gasteiger partial charge in [-0.2, -0.15) is 0 Å². The van der Waals surface area contributed by atoms with E-state index in [9.17, 15) is 0 Å². The van der Waals surface area contributed by atoms with Crippen molar-refractivity contribution in [2.45, 2.75) is 0 Å². The fourth-order valence-corrected chi connectivity index (χ4v) is 0. The Morgan fingerprint density at radius 2 is 0.571 bits per heavy atom. The second-order valence-electron chi connectivity index (χ2n) is 0. The van der Waals surface area contributed by atoms with Crippen LogP contribution in [-0.4, -0.2) is 0 Å². The first kappa shape index (κ1) is 87.0. The summed E-state index contributed by atoms with van der Waals surface area (Å²) in [6.07, 6.45) is 0. The van der Waals surface area contributed by atoms with Crippen molar-refractivity contribution in [3.8, 4) is 0 Å². The Morgan fingerprint density at radius 1 is 0.571 bits per heavy atom. The molecule has 0 aliphatic carbocycles. The van der Waals surface area contributed by atoms with Crippen LogP contribution in [0.2, 0.25) is 0 Å². The molecule has 0 aliphatic heterocycles. The van der Waals surface area contributed by atoms with E-state index in [2.05, 4.69) is 0 Å². The van der Waals surface area contributed by atoms with E-state index in [1.54, 1.807) is 0 Å². The Labute approximate surface area is 119 Å². The van der Waals surface area contributed by atoms with Gasteiger partial charge in [0, 0.05) is 0 Å². The van der Waals surface area contributed by atoms with Gasteiger partial charge >= 0.3 is 100 Å². The van der Waals surface area contributed by atoms with Crippen molar-refractivity contribution in [2.24, 2.45) is 0 Å². The standard InChI is InChI=1S/Ce.Cu.4O.Pr/q+3;+2;4*-2;+3. The second kappa shape index (κ2) is 62.1. The first-order valence-electron chi connectivity index (χ1n) is 0. The van der Waals surface area contributed by atoms with Crippen LogP contribution in [0.5, 0.6) is 0 Å². The summed E-state index contributed by atoms with van der Waals surface area (Å²) in [5.41, 5.74) is 0. The van der Waals surface area contributed by atoms with E-state index in [1.165, 1.54) is 0 Å². The summed E-state index contributed by atoms with van der Waals surface area (Å²) in [6.45, 7) is 0. The summed E-state index contributed by atoms with van der Waals surface area (Å²) in [6, 6.07) is 0. The van der Waals surface area contributed by atoms with Crippen LogP contribution in [0.3, 0.4) is 0 Å². The predicted octanol–water partition coefficient (Wildman–Crippen LogP) is -0.478. The van der Waals surface area contributed by atoms with E-state index in [0.717, 1.165) is 0 Å². The van der Waals surface area contributed by atoms with Gasteiger partial charge in [0.1, 0.15) is 0 Å². The van der Waals surface area contributed by atoms with Crippen molar-refractivity contribution < 1.29 is 122 Å². The van der Waals surface area contributed by atoms with E-state index >= 15 is 0 Å². The zero-order chi connectivity index (χ0) is 0. The van der Waals surface area contributed by atoms with Crippen molar-refractivity contribution >= 4 is 0 Å². The molecule has 0 amide bonds. The van der Waals surface area contributed by atoms with Gasteiger partial charge in [0.15, 0.2) is 0 Å². The molecule has 0 saturated carbocycles. The Hall–Kier alpha value is 3.10. The molecule has 0 spiro atoms. The molecule has 0 fully saturated rings. The normalized spacial score (nSPS) is 0. The number of hydrogen-bond donors (Lipinski definition) is 0. The van der Waals surface area contributed by atoms with Crippen molar-refractivity contribution in [3.63, 3.8) is 0 Å². The van der Waals surface area contributed by atoms with E-state index in [4.69, 9.17) is 0 Å². The summed E-state index contributed by atoms with van der Waals surface area (Å²) in [7, 11) is 0. The molecule has 7 heteroatoms. The Morgan fingerprint density at radius 3 is 0.571 bits per heavy atom. The minimum Gasteiger partial charge on any atom is -2.00 e. The molecule has 0 aromatic rings. The van der Waals surface area contributed by atoms with Crippen molar-refractivity contribution in [2.75, 3.05) is 0 Å². The van der Waals surface area contributed by atoms with Crippen LogP contribution >= 0.6 is 0 Å². The fourth-order valence-electron chi connectivity index (χ4n) is 0. The third kappa shape index (κ3) is 47.7. The van der Waals surface area contributed by atoms with Gasteiger partial charge in [-0.15, -0.1) is 0 Å². The van der Waals surface area contributed by atoms with Gasteiger partial charge in [-0.1, -0.05) is 0 Å². The summed E-state index contributed by atoms with van der Waals surface area (Å²) in [5.74, 6) is 0. The molecule has 0 N–H and O–H groups in total. The van der Waals surface area contributed by atoms with Crippen molar-refractivity contribution in [1.29, 1.82) is 0 Å². The third-order valence-electron chi connectivity index (χ3n) is 0. The molecule has 42 valence electrons. The minimum atomic E-state index is 0. The van der Waals surface area contributed by atoms with Gasteiger partial charge in [0.2, 0.25) is 0 Å². The van der Waals surface area contributed by atoms with Gasteiger partial charge in [-0.3, -0.25) is 0 Å². The first-order chi connectivity index (χ1) is 0. The van der Waals surface area contributed by atoms with Gasteiger partial charge in [-0.25, -0.2) is 0 Å². The van der Waals surface area contributed by atoms with E-state index in [0.29, 0.717) is 0 Å². The molecular weight excluding hydrogens is 409 g/mol. The molecule has 0 atom stereocenters. The predicted molar refractivity (Wildman–Crippen MR) is 2.75 cm³/mol. The van der Waals surface area contributed by atoms with Crippen LogP contribution in [0.1, 0.15) is 0 Å². The van der Waals surface area contributed by atoms with Gasteiger partial charge in [0.05, 0.1) is 0 Å². The molecule has 2 radical (unpaired) electrons. The maximum Gasteiger partial charge on any atom is 3.00 e. The largest absolute Gasteiger partial charge is 3.00 e. The van der Waals surface area contributed by atoms with Crippen LogP contribution < -0.4 is 0 Å². The molecule has 0 rings (SSSR count). The molecule has 0 aliphatic rings. The van der Waals surface area contributed by atoms with Gasteiger partial charge in [0.25, 0.3) is 0 Å². The average Bonchev–Trinajstić information content (AvgIpc) is 0. The van der Waals surface area contributed by atoms with Gasteiger partial charge < -0.3 is 21.9 Å². The van der Waals surface area contributed by atoms with Gasteiger partial charge in [-0.05, 0) is 0 Å². The molecule has 0 unspecified atom stereocenters.